The van der Waals surface area contributed by atoms with E-state index in [1.54, 1.807) is 28.8 Å². The predicted molar refractivity (Wildman–Crippen MR) is 93.4 cm³/mol. The molecule has 24 heavy (non-hydrogen) atoms. The smallest absolute Gasteiger partial charge is 0.252 e. The summed E-state index contributed by atoms with van der Waals surface area (Å²) in [6, 6.07) is 7.02. The molecule has 0 unspecified atom stereocenters. The standard InChI is InChI=1S/C17H18ClN5O/c1-4-15-21-17-19-10(2)14(11(3)23(17)22-15)9-16(24)20-13-7-5-12(18)6-8-13/h5-8H,4,9H2,1-3H3,(H,20,24). The van der Waals surface area contributed by atoms with E-state index in [4.69, 9.17) is 11.6 Å². The lowest BCUT2D eigenvalue weighted by atomic mass is 10.1. The van der Waals surface area contributed by atoms with Crippen molar-refractivity contribution in [3.05, 3.63) is 52.1 Å². The first kappa shape index (κ1) is 16.4. The second-order valence-electron chi connectivity index (χ2n) is 5.59. The Hall–Kier alpha value is -2.47. The van der Waals surface area contributed by atoms with Crippen LogP contribution in [0.2, 0.25) is 5.02 Å². The quantitative estimate of drug-likeness (QED) is 0.790. The number of rotatable bonds is 4. The summed E-state index contributed by atoms with van der Waals surface area (Å²) in [7, 11) is 0. The fourth-order valence-electron chi connectivity index (χ4n) is 2.55. The molecule has 0 atom stereocenters. The Kier molecular flexibility index (Phi) is 4.49. The van der Waals surface area contributed by atoms with Crippen molar-refractivity contribution < 1.29 is 4.79 Å². The molecule has 0 aliphatic heterocycles. The number of nitrogens with one attached hydrogen (secondary N) is 1. The maximum absolute atomic E-state index is 12.4. The average molecular weight is 344 g/mol. The monoisotopic (exact) mass is 343 g/mol. The van der Waals surface area contributed by atoms with Crippen LogP contribution in [0, 0.1) is 13.8 Å². The lowest BCUT2D eigenvalue weighted by molar-refractivity contribution is -0.115. The van der Waals surface area contributed by atoms with Crippen LogP contribution in [-0.2, 0) is 17.6 Å². The molecule has 0 fully saturated rings. The first-order valence-corrected chi connectivity index (χ1v) is 8.13. The third-order valence-corrected chi connectivity index (χ3v) is 4.13. The topological polar surface area (TPSA) is 72.2 Å². The van der Waals surface area contributed by atoms with Gasteiger partial charge in [0.2, 0.25) is 5.91 Å². The number of carbonyl (C=O) groups excluding carboxylic acids is 1. The number of aromatic nitrogens is 4. The molecule has 2 heterocycles. The Labute approximate surface area is 144 Å². The minimum Gasteiger partial charge on any atom is -0.326 e. The molecule has 0 aliphatic rings. The van der Waals surface area contributed by atoms with Crippen LogP contribution in [0.4, 0.5) is 5.69 Å². The summed E-state index contributed by atoms with van der Waals surface area (Å²) in [5.41, 5.74) is 3.25. The van der Waals surface area contributed by atoms with Gasteiger partial charge in [0.25, 0.3) is 5.78 Å². The van der Waals surface area contributed by atoms with Crippen LogP contribution < -0.4 is 5.32 Å². The van der Waals surface area contributed by atoms with Gasteiger partial charge in [-0.3, -0.25) is 4.79 Å². The number of hydrogen-bond acceptors (Lipinski definition) is 4. The van der Waals surface area contributed by atoms with Gasteiger partial charge in [-0.25, -0.2) is 9.50 Å². The lowest BCUT2D eigenvalue weighted by Gasteiger charge is -2.11. The maximum atomic E-state index is 12.4. The van der Waals surface area contributed by atoms with E-state index in [0.717, 1.165) is 29.2 Å². The fraction of sp³-hybridized carbons (Fsp3) is 0.294. The van der Waals surface area contributed by atoms with Gasteiger partial charge in [-0.15, -0.1) is 5.10 Å². The van der Waals surface area contributed by atoms with E-state index in [0.29, 0.717) is 16.5 Å². The highest BCUT2D eigenvalue weighted by molar-refractivity contribution is 6.30. The van der Waals surface area contributed by atoms with Crippen molar-refractivity contribution in [1.82, 2.24) is 19.6 Å². The highest BCUT2D eigenvalue weighted by Crippen LogP contribution is 2.17. The minimum atomic E-state index is -0.111. The Morgan fingerprint density at radius 1 is 1.21 bits per heavy atom. The molecule has 0 saturated carbocycles. The van der Waals surface area contributed by atoms with Gasteiger partial charge < -0.3 is 5.32 Å². The van der Waals surface area contributed by atoms with Gasteiger partial charge in [-0.1, -0.05) is 18.5 Å². The van der Waals surface area contributed by atoms with Gasteiger partial charge in [0.15, 0.2) is 5.82 Å². The van der Waals surface area contributed by atoms with Crippen molar-refractivity contribution in [3.8, 4) is 0 Å². The maximum Gasteiger partial charge on any atom is 0.252 e. The molecule has 7 heteroatoms. The van der Waals surface area contributed by atoms with Crippen LogP contribution in [0.3, 0.4) is 0 Å². The summed E-state index contributed by atoms with van der Waals surface area (Å²) in [5, 5.41) is 7.93. The molecule has 3 aromatic rings. The van der Waals surface area contributed by atoms with Gasteiger partial charge in [-0.2, -0.15) is 4.98 Å². The molecule has 3 rings (SSSR count). The van der Waals surface area contributed by atoms with Crippen LogP contribution in [0.5, 0.6) is 0 Å². The number of halogens is 1. The van der Waals surface area contributed by atoms with E-state index in [1.807, 2.05) is 20.8 Å². The SMILES string of the molecule is CCc1nc2nc(C)c(CC(=O)Nc3ccc(Cl)cc3)c(C)n2n1. The summed E-state index contributed by atoms with van der Waals surface area (Å²) in [6.45, 7) is 5.82. The summed E-state index contributed by atoms with van der Waals surface area (Å²) < 4.78 is 1.71. The zero-order valence-corrected chi connectivity index (χ0v) is 14.6. The number of anilines is 1. The average Bonchev–Trinajstić information content (AvgIpc) is 2.97. The van der Waals surface area contributed by atoms with Crippen molar-refractivity contribution in [1.29, 1.82) is 0 Å². The van der Waals surface area contributed by atoms with Gasteiger partial charge in [0.05, 0.1) is 6.42 Å². The molecule has 1 N–H and O–H groups in total. The van der Waals surface area contributed by atoms with Crippen LogP contribution in [0.15, 0.2) is 24.3 Å². The minimum absolute atomic E-state index is 0.111. The molecular weight excluding hydrogens is 326 g/mol. The fourth-order valence-corrected chi connectivity index (χ4v) is 2.68. The highest BCUT2D eigenvalue weighted by atomic mass is 35.5. The second kappa shape index (κ2) is 6.57. The Balaban J connectivity index is 1.86. The predicted octanol–water partition coefficient (Wildman–Crippen LogP) is 3.14. The van der Waals surface area contributed by atoms with Gasteiger partial charge in [-0.05, 0) is 38.1 Å². The molecule has 0 aliphatic carbocycles. The largest absolute Gasteiger partial charge is 0.326 e. The second-order valence-corrected chi connectivity index (χ2v) is 6.02. The highest BCUT2D eigenvalue weighted by Gasteiger charge is 2.15. The van der Waals surface area contributed by atoms with Gasteiger partial charge in [0, 0.05) is 34.1 Å². The van der Waals surface area contributed by atoms with Gasteiger partial charge in [0.1, 0.15) is 0 Å². The molecule has 1 amide bonds. The van der Waals surface area contributed by atoms with Crippen molar-refractivity contribution in [2.24, 2.45) is 0 Å². The number of carbonyl (C=O) groups is 1. The van der Waals surface area contributed by atoms with Crippen LogP contribution in [0.25, 0.3) is 5.78 Å². The Morgan fingerprint density at radius 2 is 1.92 bits per heavy atom. The Morgan fingerprint density at radius 3 is 2.58 bits per heavy atom. The summed E-state index contributed by atoms with van der Waals surface area (Å²) in [4.78, 5) is 21.2. The molecular formula is C17H18ClN5O. The van der Waals surface area contributed by atoms with Crippen LogP contribution in [0.1, 0.15) is 29.7 Å². The number of fused-ring (bicyclic) bond motifs is 1. The number of nitrogens with zero attached hydrogens (tertiary/aromatic N) is 4. The third-order valence-electron chi connectivity index (χ3n) is 3.87. The molecule has 0 spiro atoms. The van der Waals surface area contributed by atoms with E-state index in [1.165, 1.54) is 0 Å². The molecule has 2 aromatic heterocycles. The Bertz CT molecular complexity index is 901. The van der Waals surface area contributed by atoms with Crippen molar-refractivity contribution in [2.45, 2.75) is 33.6 Å². The summed E-state index contributed by atoms with van der Waals surface area (Å²) in [5.74, 6) is 1.21. The van der Waals surface area contributed by atoms with E-state index in [9.17, 15) is 4.79 Å². The molecule has 124 valence electrons. The van der Waals surface area contributed by atoms with Crippen molar-refractivity contribution >= 4 is 29.0 Å². The van der Waals surface area contributed by atoms with Crippen LogP contribution in [-0.4, -0.2) is 25.5 Å². The number of hydrogen-bond donors (Lipinski definition) is 1. The molecule has 6 nitrogen and oxygen atoms in total. The van der Waals surface area contributed by atoms with Crippen molar-refractivity contribution in [2.75, 3.05) is 5.32 Å². The molecule has 0 bridgehead atoms. The first-order chi connectivity index (χ1) is 11.5. The number of aryl methyl sites for hydroxylation is 3. The van der Waals surface area contributed by atoms with Crippen LogP contribution >= 0.6 is 11.6 Å². The summed E-state index contributed by atoms with van der Waals surface area (Å²) in [6.07, 6.45) is 0.971. The number of amides is 1. The first-order valence-electron chi connectivity index (χ1n) is 7.75. The van der Waals surface area contributed by atoms with E-state index >= 15 is 0 Å². The molecule has 1 aromatic carbocycles. The third kappa shape index (κ3) is 3.23. The number of benzene rings is 1. The zero-order chi connectivity index (χ0) is 17.3. The van der Waals surface area contributed by atoms with Gasteiger partial charge >= 0.3 is 0 Å². The molecule has 0 radical (unpaired) electrons. The molecule has 0 saturated heterocycles. The van der Waals surface area contributed by atoms with Crippen molar-refractivity contribution in [3.63, 3.8) is 0 Å². The van der Waals surface area contributed by atoms with E-state index in [2.05, 4.69) is 20.4 Å². The summed E-state index contributed by atoms with van der Waals surface area (Å²) >= 11 is 5.85. The van der Waals surface area contributed by atoms with E-state index < -0.39 is 0 Å². The van der Waals surface area contributed by atoms with E-state index in [-0.39, 0.29) is 12.3 Å². The zero-order valence-electron chi connectivity index (χ0n) is 13.8. The lowest BCUT2D eigenvalue weighted by Crippen LogP contribution is -2.17. The normalized spacial score (nSPS) is 11.0.